The highest BCUT2D eigenvalue weighted by Gasteiger charge is 1.98. The number of ether oxygens (including phenoxy) is 1. The fourth-order valence-electron chi connectivity index (χ4n) is 0.747. The summed E-state index contributed by atoms with van der Waals surface area (Å²) in [5.41, 5.74) is 0. The van der Waals surface area contributed by atoms with Crippen LogP contribution in [0.3, 0.4) is 0 Å². The quantitative estimate of drug-likeness (QED) is 0.535. The molecule has 0 aliphatic carbocycles. The molecule has 0 amide bonds. The number of methoxy groups -OCH3 is 1. The van der Waals surface area contributed by atoms with Crippen molar-refractivity contribution < 1.29 is 4.74 Å². The lowest BCUT2D eigenvalue weighted by atomic mass is 10.2. The van der Waals surface area contributed by atoms with Gasteiger partial charge in [-0.25, -0.2) is 0 Å². The molecular formula is C9H17O. The molecule has 10 heavy (non-hydrogen) atoms. The molecule has 0 aromatic rings. The first-order chi connectivity index (χ1) is 4.85. The van der Waals surface area contributed by atoms with E-state index in [2.05, 4.69) is 26.0 Å². The summed E-state index contributed by atoms with van der Waals surface area (Å²) in [7, 11) is 1.73. The van der Waals surface area contributed by atoms with Gasteiger partial charge in [0, 0.05) is 7.11 Å². The van der Waals surface area contributed by atoms with Crippen LogP contribution in [0.4, 0.5) is 0 Å². The third kappa shape index (κ3) is 4.57. The summed E-state index contributed by atoms with van der Waals surface area (Å²) < 4.78 is 5.13. The molecule has 0 aromatic heterocycles. The minimum absolute atomic E-state index is 0.308. The van der Waals surface area contributed by atoms with Gasteiger partial charge in [0.25, 0.3) is 0 Å². The minimum atomic E-state index is 0.308. The molecule has 1 nitrogen and oxygen atoms in total. The first-order valence-electron chi connectivity index (χ1n) is 3.82. The van der Waals surface area contributed by atoms with Gasteiger partial charge in [-0.1, -0.05) is 26.0 Å². The smallest absolute Gasteiger partial charge is 0.0605 e. The Kier molecular flexibility index (Phi) is 6.61. The maximum absolute atomic E-state index is 5.13. The predicted molar refractivity (Wildman–Crippen MR) is 44.8 cm³/mol. The highest BCUT2D eigenvalue weighted by Crippen LogP contribution is 2.02. The lowest BCUT2D eigenvalue weighted by Crippen LogP contribution is -2.06. The van der Waals surface area contributed by atoms with Gasteiger partial charge in [-0.3, -0.25) is 0 Å². The zero-order valence-corrected chi connectivity index (χ0v) is 6.97. The maximum Gasteiger partial charge on any atom is 0.0605 e. The molecule has 1 radical (unpaired) electrons. The number of hydrogen-bond donors (Lipinski definition) is 0. The van der Waals surface area contributed by atoms with Crippen molar-refractivity contribution in [3.05, 3.63) is 19.1 Å². The van der Waals surface area contributed by atoms with Gasteiger partial charge < -0.3 is 4.74 Å². The van der Waals surface area contributed by atoms with Crippen LogP contribution >= 0.6 is 0 Å². The van der Waals surface area contributed by atoms with Gasteiger partial charge in [-0.05, 0) is 19.3 Å². The average molecular weight is 141 g/mol. The Hall–Kier alpha value is -0.300. The zero-order valence-electron chi connectivity index (χ0n) is 6.97. The summed E-state index contributed by atoms with van der Waals surface area (Å²) >= 11 is 0. The van der Waals surface area contributed by atoms with E-state index in [1.807, 2.05) is 0 Å². The molecule has 0 aromatic carbocycles. The summed E-state index contributed by atoms with van der Waals surface area (Å²) in [4.78, 5) is 0. The van der Waals surface area contributed by atoms with Crippen molar-refractivity contribution in [1.29, 1.82) is 0 Å². The van der Waals surface area contributed by atoms with Gasteiger partial charge >= 0.3 is 0 Å². The van der Waals surface area contributed by atoms with E-state index in [1.54, 1.807) is 7.11 Å². The molecule has 1 heteroatoms. The van der Waals surface area contributed by atoms with Crippen molar-refractivity contribution >= 4 is 0 Å². The number of hydrogen-bond acceptors (Lipinski definition) is 1. The van der Waals surface area contributed by atoms with Crippen molar-refractivity contribution in [2.24, 2.45) is 0 Å². The van der Waals surface area contributed by atoms with Crippen LogP contribution in [0, 0.1) is 6.92 Å². The van der Waals surface area contributed by atoms with Gasteiger partial charge in [0.1, 0.15) is 0 Å². The highest BCUT2D eigenvalue weighted by atomic mass is 16.5. The first kappa shape index (κ1) is 9.70. The molecule has 0 bridgehead atoms. The van der Waals surface area contributed by atoms with Crippen molar-refractivity contribution in [2.45, 2.75) is 32.3 Å². The molecule has 0 aliphatic heterocycles. The Balaban J connectivity index is 3.34. The summed E-state index contributed by atoms with van der Waals surface area (Å²) in [5.74, 6) is 0. The second kappa shape index (κ2) is 6.81. The third-order valence-electron chi connectivity index (χ3n) is 1.46. The molecule has 0 spiro atoms. The van der Waals surface area contributed by atoms with Crippen molar-refractivity contribution in [3.63, 3.8) is 0 Å². The molecule has 0 heterocycles. The summed E-state index contributed by atoms with van der Waals surface area (Å²) in [6.45, 7) is 5.90. The van der Waals surface area contributed by atoms with E-state index in [-0.39, 0.29) is 0 Å². The number of allylic oxidation sites excluding steroid dienone is 1. The first-order valence-corrected chi connectivity index (χ1v) is 3.82. The lowest BCUT2D eigenvalue weighted by molar-refractivity contribution is 0.107. The molecule has 0 N–H and O–H groups in total. The van der Waals surface area contributed by atoms with Crippen LogP contribution in [0.25, 0.3) is 0 Å². The Morgan fingerprint density at radius 1 is 1.50 bits per heavy atom. The molecule has 0 rings (SSSR count). The van der Waals surface area contributed by atoms with Crippen LogP contribution in [0.2, 0.25) is 0 Å². The average Bonchev–Trinajstić information content (AvgIpc) is 1.99. The Bertz CT molecular complexity index is 82.7. The van der Waals surface area contributed by atoms with Crippen LogP contribution in [-0.2, 0) is 4.74 Å². The second-order valence-electron chi connectivity index (χ2n) is 2.26. The van der Waals surface area contributed by atoms with Crippen molar-refractivity contribution in [1.82, 2.24) is 0 Å². The van der Waals surface area contributed by atoms with Gasteiger partial charge in [-0.2, -0.15) is 0 Å². The normalized spacial score (nSPS) is 14.3. The monoisotopic (exact) mass is 141 g/mol. The number of rotatable bonds is 5. The van der Waals surface area contributed by atoms with Crippen LogP contribution < -0.4 is 0 Å². The Morgan fingerprint density at radius 3 is 2.60 bits per heavy atom. The van der Waals surface area contributed by atoms with Crippen molar-refractivity contribution in [3.8, 4) is 0 Å². The van der Waals surface area contributed by atoms with Gasteiger partial charge in [0.15, 0.2) is 0 Å². The molecule has 0 aliphatic rings. The molecule has 0 fully saturated rings. The molecule has 0 saturated heterocycles. The van der Waals surface area contributed by atoms with Crippen molar-refractivity contribution in [2.75, 3.05) is 7.11 Å². The lowest BCUT2D eigenvalue weighted by Gasteiger charge is -2.08. The van der Waals surface area contributed by atoms with E-state index in [4.69, 9.17) is 4.74 Å². The molecule has 0 saturated carbocycles. The zero-order chi connectivity index (χ0) is 7.82. The summed E-state index contributed by atoms with van der Waals surface area (Å²) in [6, 6.07) is 0. The van der Waals surface area contributed by atoms with Crippen LogP contribution in [0.15, 0.2) is 12.2 Å². The standard InChI is InChI=1S/C9H17O/c1-4-6-7-8-9(5-2)10-3/h6-7,9H,2,4-5,8H2,1,3H3/b7-6-. The Labute approximate surface area is 64.1 Å². The van der Waals surface area contributed by atoms with E-state index in [9.17, 15) is 0 Å². The molecule has 1 unspecified atom stereocenters. The maximum atomic E-state index is 5.13. The predicted octanol–water partition coefficient (Wildman–Crippen LogP) is 2.58. The largest absolute Gasteiger partial charge is 0.381 e. The summed E-state index contributed by atoms with van der Waals surface area (Å²) in [5, 5.41) is 0. The molecule has 1 atom stereocenters. The third-order valence-corrected chi connectivity index (χ3v) is 1.46. The van der Waals surface area contributed by atoms with Crippen LogP contribution in [0.1, 0.15) is 26.2 Å². The highest BCUT2D eigenvalue weighted by molar-refractivity contribution is 4.83. The van der Waals surface area contributed by atoms with E-state index in [1.165, 1.54) is 0 Å². The minimum Gasteiger partial charge on any atom is -0.381 e. The van der Waals surface area contributed by atoms with Crippen LogP contribution in [-0.4, -0.2) is 13.2 Å². The van der Waals surface area contributed by atoms with Gasteiger partial charge in [0.2, 0.25) is 0 Å². The fourth-order valence-corrected chi connectivity index (χ4v) is 0.747. The van der Waals surface area contributed by atoms with E-state index in [0.29, 0.717) is 6.10 Å². The topological polar surface area (TPSA) is 9.23 Å². The summed E-state index contributed by atoms with van der Waals surface area (Å²) in [6.07, 6.45) is 7.57. The Morgan fingerprint density at radius 2 is 2.20 bits per heavy atom. The van der Waals surface area contributed by atoms with E-state index >= 15 is 0 Å². The van der Waals surface area contributed by atoms with E-state index < -0.39 is 0 Å². The fraction of sp³-hybridized carbons (Fsp3) is 0.667. The van der Waals surface area contributed by atoms with E-state index in [0.717, 1.165) is 19.3 Å². The SMILES string of the molecule is [CH2]CC(C/C=C\CC)OC. The second-order valence-corrected chi connectivity index (χ2v) is 2.26. The van der Waals surface area contributed by atoms with Gasteiger partial charge in [-0.15, -0.1) is 0 Å². The molecular weight excluding hydrogens is 124 g/mol. The molecule has 59 valence electrons. The van der Waals surface area contributed by atoms with Crippen LogP contribution in [0.5, 0.6) is 0 Å². The van der Waals surface area contributed by atoms with Gasteiger partial charge in [0.05, 0.1) is 6.10 Å².